The van der Waals surface area contributed by atoms with Crippen LogP contribution in [-0.2, 0) is 4.79 Å². The molecule has 3 nitrogen and oxygen atoms in total. The van der Waals surface area contributed by atoms with Crippen molar-refractivity contribution >= 4 is 5.91 Å². The molecule has 1 fully saturated rings. The number of hydrogen-bond donors (Lipinski definition) is 2. The van der Waals surface area contributed by atoms with Gasteiger partial charge in [-0.25, -0.2) is 0 Å². The number of aliphatic hydroxyl groups is 1. The van der Waals surface area contributed by atoms with E-state index in [2.05, 4.69) is 5.32 Å². The summed E-state index contributed by atoms with van der Waals surface area (Å²) in [7, 11) is 0. The molecule has 1 rings (SSSR count). The molecule has 2 N–H and O–H groups in total. The average Bonchev–Trinajstić information content (AvgIpc) is 1.57. The minimum atomic E-state index is -0.396. The molecule has 1 heterocycles. The lowest BCUT2D eigenvalue weighted by atomic mass is 10.0. The summed E-state index contributed by atoms with van der Waals surface area (Å²) < 4.78 is 0. The molecule has 0 aliphatic carbocycles. The highest BCUT2D eigenvalue weighted by atomic mass is 16.3. The number of aliphatic hydroxyl groups excluding tert-OH is 1. The lowest BCUT2D eigenvalue weighted by molar-refractivity contribution is -0.130. The van der Waals surface area contributed by atoms with Gasteiger partial charge in [0.15, 0.2) is 0 Å². The molecule has 0 aromatic heterocycles. The van der Waals surface area contributed by atoms with E-state index < -0.39 is 6.10 Å². The molecule has 1 saturated heterocycles. The first-order valence-corrected chi connectivity index (χ1v) is 2.67. The summed E-state index contributed by atoms with van der Waals surface area (Å²) in [4.78, 5) is 10.2. The van der Waals surface area contributed by atoms with Crippen LogP contribution >= 0.6 is 0 Å². The Labute approximate surface area is 47.7 Å². The van der Waals surface area contributed by atoms with Crippen molar-refractivity contribution in [1.82, 2.24) is 5.32 Å². The zero-order valence-corrected chi connectivity index (χ0v) is 4.72. The summed E-state index contributed by atoms with van der Waals surface area (Å²) in [6.07, 6.45) is 0.0881. The maximum absolute atomic E-state index is 10.2. The van der Waals surface area contributed by atoms with Crippen LogP contribution in [-0.4, -0.2) is 23.2 Å². The summed E-state index contributed by atoms with van der Waals surface area (Å²) in [6.45, 7) is 1.67. The van der Waals surface area contributed by atoms with Crippen molar-refractivity contribution in [3.8, 4) is 0 Å². The summed E-state index contributed by atoms with van der Waals surface area (Å²) in [5.41, 5.74) is 0. The minimum Gasteiger partial charge on any atom is -0.391 e. The van der Waals surface area contributed by atoms with Crippen molar-refractivity contribution in [2.45, 2.75) is 25.5 Å². The Morgan fingerprint density at radius 1 is 2.00 bits per heavy atom. The fourth-order valence-electron chi connectivity index (χ4n) is 0.677. The highest BCUT2D eigenvalue weighted by Gasteiger charge is 2.28. The fraction of sp³-hybridized carbons (Fsp3) is 0.800. The quantitative estimate of drug-likeness (QED) is 0.442. The van der Waals surface area contributed by atoms with Gasteiger partial charge in [0.1, 0.15) is 0 Å². The van der Waals surface area contributed by atoms with Crippen LogP contribution in [0.3, 0.4) is 0 Å². The van der Waals surface area contributed by atoms with Crippen LogP contribution in [0.25, 0.3) is 0 Å². The van der Waals surface area contributed by atoms with E-state index in [0.717, 1.165) is 0 Å². The highest BCUT2D eigenvalue weighted by Crippen LogP contribution is 2.07. The van der Waals surface area contributed by atoms with Crippen LogP contribution in [0.2, 0.25) is 0 Å². The lowest BCUT2D eigenvalue weighted by Gasteiger charge is -2.28. The molecular weight excluding hydrogens is 106 g/mol. The smallest absolute Gasteiger partial charge is 0.222 e. The van der Waals surface area contributed by atoms with Crippen molar-refractivity contribution in [3.63, 3.8) is 0 Å². The van der Waals surface area contributed by atoms with Gasteiger partial charge in [0.25, 0.3) is 0 Å². The first kappa shape index (κ1) is 5.56. The summed E-state index contributed by atoms with van der Waals surface area (Å²) in [5, 5.41) is 11.3. The molecule has 2 atom stereocenters. The van der Waals surface area contributed by atoms with E-state index in [1.165, 1.54) is 0 Å². The zero-order valence-electron chi connectivity index (χ0n) is 4.72. The Kier molecular flexibility index (Phi) is 1.21. The predicted molar refractivity (Wildman–Crippen MR) is 28.2 cm³/mol. The normalized spacial score (nSPS) is 30.8. The van der Waals surface area contributed by atoms with Crippen molar-refractivity contribution < 1.29 is 9.90 Å². The SMILES string of the molecule is CC(O)C1CC(=O)N1. The van der Waals surface area contributed by atoms with Crippen LogP contribution in [0.15, 0.2) is 0 Å². The third kappa shape index (κ3) is 0.816. The number of hydrogen-bond acceptors (Lipinski definition) is 2. The van der Waals surface area contributed by atoms with Gasteiger partial charge < -0.3 is 10.4 Å². The second-order valence-electron chi connectivity index (χ2n) is 2.12. The van der Waals surface area contributed by atoms with Crippen LogP contribution in [0.1, 0.15) is 13.3 Å². The third-order valence-corrected chi connectivity index (χ3v) is 1.33. The van der Waals surface area contributed by atoms with E-state index in [1.807, 2.05) is 0 Å². The minimum absolute atomic E-state index is 0.0162. The molecule has 0 bridgehead atoms. The molecule has 0 saturated carbocycles. The largest absolute Gasteiger partial charge is 0.391 e. The van der Waals surface area contributed by atoms with Gasteiger partial charge in [-0.05, 0) is 6.92 Å². The maximum Gasteiger partial charge on any atom is 0.222 e. The van der Waals surface area contributed by atoms with E-state index in [1.54, 1.807) is 6.92 Å². The van der Waals surface area contributed by atoms with Crippen LogP contribution < -0.4 is 5.32 Å². The first-order valence-electron chi connectivity index (χ1n) is 2.67. The Morgan fingerprint density at radius 2 is 2.50 bits per heavy atom. The van der Waals surface area contributed by atoms with Gasteiger partial charge in [-0.1, -0.05) is 0 Å². The molecule has 0 aromatic rings. The van der Waals surface area contributed by atoms with Gasteiger partial charge in [0.05, 0.1) is 12.1 Å². The molecule has 1 aliphatic rings. The van der Waals surface area contributed by atoms with E-state index in [0.29, 0.717) is 6.42 Å². The molecule has 46 valence electrons. The van der Waals surface area contributed by atoms with Crippen molar-refractivity contribution in [2.75, 3.05) is 0 Å². The monoisotopic (exact) mass is 115 g/mol. The standard InChI is InChI=1S/C5H9NO2/c1-3(7)4-2-5(8)6-4/h3-4,7H,2H2,1H3,(H,6,8). The van der Waals surface area contributed by atoms with E-state index in [4.69, 9.17) is 5.11 Å². The van der Waals surface area contributed by atoms with Gasteiger partial charge >= 0.3 is 0 Å². The third-order valence-electron chi connectivity index (χ3n) is 1.33. The zero-order chi connectivity index (χ0) is 6.15. The van der Waals surface area contributed by atoms with Crippen LogP contribution in [0.5, 0.6) is 0 Å². The van der Waals surface area contributed by atoms with Crippen LogP contribution in [0, 0.1) is 0 Å². The van der Waals surface area contributed by atoms with Gasteiger partial charge in [-0.15, -0.1) is 0 Å². The van der Waals surface area contributed by atoms with E-state index in [-0.39, 0.29) is 11.9 Å². The number of amides is 1. The Morgan fingerprint density at radius 3 is 2.62 bits per heavy atom. The van der Waals surface area contributed by atoms with E-state index >= 15 is 0 Å². The lowest BCUT2D eigenvalue weighted by Crippen LogP contribution is -2.54. The summed E-state index contributed by atoms with van der Waals surface area (Å²) in [6, 6.07) is 0.0162. The van der Waals surface area contributed by atoms with Crippen LogP contribution in [0.4, 0.5) is 0 Å². The molecule has 3 heteroatoms. The highest BCUT2D eigenvalue weighted by molar-refractivity contribution is 5.82. The summed E-state index contributed by atoms with van der Waals surface area (Å²) >= 11 is 0. The fourth-order valence-corrected chi connectivity index (χ4v) is 0.677. The van der Waals surface area contributed by atoms with Gasteiger partial charge in [-0.3, -0.25) is 4.79 Å². The Balaban J connectivity index is 2.25. The molecule has 1 aliphatic heterocycles. The Hall–Kier alpha value is -0.570. The number of β-lactam (4-membered cyclic amide) rings is 1. The molecular formula is C5H9NO2. The van der Waals surface area contributed by atoms with Gasteiger partial charge in [0.2, 0.25) is 5.91 Å². The molecule has 2 unspecified atom stereocenters. The Bertz CT molecular complexity index is 103. The first-order chi connectivity index (χ1) is 3.70. The van der Waals surface area contributed by atoms with E-state index in [9.17, 15) is 4.79 Å². The average molecular weight is 115 g/mol. The van der Waals surface area contributed by atoms with Crippen molar-refractivity contribution in [3.05, 3.63) is 0 Å². The van der Waals surface area contributed by atoms with Crippen molar-refractivity contribution in [2.24, 2.45) is 0 Å². The van der Waals surface area contributed by atoms with Crippen molar-refractivity contribution in [1.29, 1.82) is 0 Å². The number of carbonyl (C=O) groups excluding carboxylic acids is 1. The van der Waals surface area contributed by atoms with Gasteiger partial charge in [0, 0.05) is 6.42 Å². The topological polar surface area (TPSA) is 49.3 Å². The second kappa shape index (κ2) is 1.74. The molecule has 0 aromatic carbocycles. The molecule has 1 amide bonds. The van der Waals surface area contributed by atoms with Gasteiger partial charge in [-0.2, -0.15) is 0 Å². The number of carbonyl (C=O) groups is 1. The molecule has 0 spiro atoms. The second-order valence-corrected chi connectivity index (χ2v) is 2.12. The summed E-state index contributed by atoms with van der Waals surface area (Å²) in [5.74, 6) is 0.0379. The number of nitrogens with one attached hydrogen (secondary N) is 1. The maximum atomic E-state index is 10.2. The predicted octanol–water partition coefficient (Wildman–Crippen LogP) is -0.744. The molecule has 8 heavy (non-hydrogen) atoms. The molecule has 0 radical (unpaired) electrons. The number of rotatable bonds is 1.